The van der Waals surface area contributed by atoms with Gasteiger partial charge in [0.25, 0.3) is 0 Å². The average Bonchev–Trinajstić information content (AvgIpc) is 2.27. The molecule has 0 aliphatic heterocycles. The summed E-state index contributed by atoms with van der Waals surface area (Å²) in [5, 5.41) is 8.82. The molecule has 1 rings (SSSR count). The van der Waals surface area contributed by atoms with E-state index in [0.717, 1.165) is 0 Å². The number of hydrogen-bond acceptors (Lipinski definition) is 2. The van der Waals surface area contributed by atoms with Crippen LogP contribution in [0.25, 0.3) is 0 Å². The van der Waals surface area contributed by atoms with E-state index in [9.17, 15) is 18.0 Å². The normalized spacial score (nSPS) is 13.1. The van der Waals surface area contributed by atoms with Gasteiger partial charge in [-0.15, -0.1) is 0 Å². The Morgan fingerprint density at radius 3 is 2.50 bits per heavy atom. The Kier molecular flexibility index (Phi) is 4.58. The molecular formula is C12H13F3O3. The number of benzene rings is 1. The first kappa shape index (κ1) is 14.3. The zero-order valence-electron chi connectivity index (χ0n) is 9.70. The van der Waals surface area contributed by atoms with Gasteiger partial charge in [0, 0.05) is 0 Å². The fourth-order valence-corrected chi connectivity index (χ4v) is 1.66. The van der Waals surface area contributed by atoms with Crippen molar-refractivity contribution in [3.63, 3.8) is 0 Å². The quantitative estimate of drug-likeness (QED) is 0.887. The van der Waals surface area contributed by atoms with Crippen LogP contribution < -0.4 is 4.74 Å². The second-order valence-corrected chi connectivity index (χ2v) is 3.87. The number of ether oxygens (including phenoxy) is 1. The fraction of sp³-hybridized carbons (Fsp3) is 0.417. The van der Waals surface area contributed by atoms with Crippen molar-refractivity contribution in [3.8, 4) is 5.75 Å². The van der Waals surface area contributed by atoms with Crippen LogP contribution in [0.3, 0.4) is 0 Å². The maximum atomic E-state index is 12.3. The summed E-state index contributed by atoms with van der Waals surface area (Å²) in [6.07, 6.45) is -6.05. The van der Waals surface area contributed by atoms with Gasteiger partial charge in [-0.25, -0.2) is 0 Å². The van der Waals surface area contributed by atoms with Gasteiger partial charge in [-0.2, -0.15) is 13.2 Å². The van der Waals surface area contributed by atoms with Gasteiger partial charge in [0.05, 0.1) is 19.4 Å². The maximum absolute atomic E-state index is 12.3. The lowest BCUT2D eigenvalue weighted by Gasteiger charge is -2.16. The minimum absolute atomic E-state index is 0.209. The summed E-state index contributed by atoms with van der Waals surface area (Å²) in [6.45, 7) is 0. The van der Waals surface area contributed by atoms with Gasteiger partial charge in [-0.05, 0) is 18.1 Å². The Bertz CT molecular complexity index is 415. The highest BCUT2D eigenvalue weighted by atomic mass is 19.4. The van der Waals surface area contributed by atoms with Crippen molar-refractivity contribution in [2.45, 2.75) is 19.0 Å². The van der Waals surface area contributed by atoms with Gasteiger partial charge in [-0.1, -0.05) is 18.2 Å². The molecule has 0 fully saturated rings. The number of carbonyl (C=O) groups is 1. The second kappa shape index (κ2) is 5.75. The van der Waals surface area contributed by atoms with Gasteiger partial charge in [-0.3, -0.25) is 4.79 Å². The predicted molar refractivity (Wildman–Crippen MR) is 58.5 cm³/mol. The zero-order chi connectivity index (χ0) is 13.8. The molecule has 0 saturated carbocycles. The third-order valence-electron chi connectivity index (χ3n) is 2.49. The Morgan fingerprint density at radius 2 is 2.00 bits per heavy atom. The van der Waals surface area contributed by atoms with Crippen LogP contribution in [-0.4, -0.2) is 24.4 Å². The highest BCUT2D eigenvalue weighted by Gasteiger charge is 2.35. The first-order valence-electron chi connectivity index (χ1n) is 5.25. The Hall–Kier alpha value is -1.72. The van der Waals surface area contributed by atoms with Crippen molar-refractivity contribution in [2.75, 3.05) is 7.11 Å². The molecule has 0 heterocycles. The molecule has 0 aromatic heterocycles. The molecule has 0 bridgehead atoms. The van der Waals surface area contributed by atoms with Gasteiger partial charge < -0.3 is 9.84 Å². The molecule has 6 heteroatoms. The minimum Gasteiger partial charge on any atom is -0.496 e. The molecule has 100 valence electrons. The standard InChI is InChI=1S/C12H13F3O3/c1-18-10-5-3-2-4-8(10)6-9(11(16)17)7-12(13,14)15/h2-5,9H,6-7H2,1H3,(H,16,17). The van der Waals surface area contributed by atoms with Crippen molar-refractivity contribution in [1.29, 1.82) is 0 Å². The van der Waals surface area contributed by atoms with E-state index in [4.69, 9.17) is 9.84 Å². The van der Waals surface area contributed by atoms with Crippen LogP contribution in [0, 0.1) is 5.92 Å². The summed E-state index contributed by atoms with van der Waals surface area (Å²) in [6, 6.07) is 6.44. The van der Waals surface area contributed by atoms with Gasteiger partial charge >= 0.3 is 12.1 Å². The number of carboxylic acid groups (broad SMARTS) is 1. The van der Waals surface area contributed by atoms with Crippen LogP contribution in [0.5, 0.6) is 5.75 Å². The Morgan fingerprint density at radius 1 is 1.39 bits per heavy atom. The van der Waals surface area contributed by atoms with Crippen molar-refractivity contribution < 1.29 is 27.8 Å². The molecule has 18 heavy (non-hydrogen) atoms. The van der Waals surface area contributed by atoms with Crippen LogP contribution >= 0.6 is 0 Å². The second-order valence-electron chi connectivity index (χ2n) is 3.87. The van der Waals surface area contributed by atoms with Crippen LogP contribution in [0.4, 0.5) is 13.2 Å². The molecular weight excluding hydrogens is 249 g/mol. The highest BCUT2D eigenvalue weighted by Crippen LogP contribution is 2.29. The van der Waals surface area contributed by atoms with Crippen molar-refractivity contribution in [3.05, 3.63) is 29.8 Å². The molecule has 0 amide bonds. The molecule has 0 saturated heterocycles. The van der Waals surface area contributed by atoms with Gasteiger partial charge in [0.2, 0.25) is 0 Å². The maximum Gasteiger partial charge on any atom is 0.389 e. The highest BCUT2D eigenvalue weighted by molar-refractivity contribution is 5.70. The van der Waals surface area contributed by atoms with Gasteiger partial charge in [0.15, 0.2) is 0 Å². The van der Waals surface area contributed by atoms with E-state index in [-0.39, 0.29) is 6.42 Å². The lowest BCUT2D eigenvalue weighted by Crippen LogP contribution is -2.24. The summed E-state index contributed by atoms with van der Waals surface area (Å²) >= 11 is 0. The fourth-order valence-electron chi connectivity index (χ4n) is 1.66. The number of para-hydroxylation sites is 1. The largest absolute Gasteiger partial charge is 0.496 e. The molecule has 3 nitrogen and oxygen atoms in total. The third kappa shape index (κ3) is 4.27. The van der Waals surface area contributed by atoms with Crippen LogP contribution in [-0.2, 0) is 11.2 Å². The van der Waals surface area contributed by atoms with E-state index in [0.29, 0.717) is 11.3 Å². The molecule has 1 unspecified atom stereocenters. The number of aliphatic carboxylic acids is 1. The molecule has 0 spiro atoms. The number of hydrogen-bond donors (Lipinski definition) is 1. The molecule has 0 aliphatic carbocycles. The first-order chi connectivity index (χ1) is 8.33. The van der Waals surface area contributed by atoms with Crippen molar-refractivity contribution in [2.24, 2.45) is 5.92 Å². The number of methoxy groups -OCH3 is 1. The third-order valence-corrected chi connectivity index (χ3v) is 2.49. The summed E-state index contributed by atoms with van der Waals surface area (Å²) in [4.78, 5) is 10.8. The molecule has 1 aromatic rings. The Balaban J connectivity index is 2.87. The van der Waals surface area contributed by atoms with E-state index in [1.165, 1.54) is 7.11 Å². The van der Waals surface area contributed by atoms with E-state index >= 15 is 0 Å². The number of carboxylic acids is 1. The van der Waals surface area contributed by atoms with E-state index < -0.39 is 24.5 Å². The lowest BCUT2D eigenvalue weighted by molar-refractivity contribution is -0.163. The van der Waals surface area contributed by atoms with Crippen LogP contribution in [0.2, 0.25) is 0 Å². The summed E-state index contributed by atoms with van der Waals surface area (Å²) < 4.78 is 41.8. The smallest absolute Gasteiger partial charge is 0.389 e. The molecule has 0 radical (unpaired) electrons. The summed E-state index contributed by atoms with van der Waals surface area (Å²) in [5.74, 6) is -2.56. The topological polar surface area (TPSA) is 46.5 Å². The first-order valence-corrected chi connectivity index (χ1v) is 5.25. The molecule has 1 N–H and O–H groups in total. The molecule has 1 aromatic carbocycles. The van der Waals surface area contributed by atoms with Crippen molar-refractivity contribution in [1.82, 2.24) is 0 Å². The molecule has 0 aliphatic rings. The van der Waals surface area contributed by atoms with E-state index in [2.05, 4.69) is 0 Å². The lowest BCUT2D eigenvalue weighted by atomic mass is 9.95. The summed E-state index contributed by atoms with van der Waals surface area (Å²) in [5.41, 5.74) is 0.455. The van der Waals surface area contributed by atoms with Crippen LogP contribution in [0.1, 0.15) is 12.0 Å². The zero-order valence-corrected chi connectivity index (χ0v) is 9.70. The Labute approximate surface area is 102 Å². The van der Waals surface area contributed by atoms with E-state index in [1.807, 2.05) is 0 Å². The number of halogens is 3. The number of rotatable bonds is 5. The average molecular weight is 262 g/mol. The van der Waals surface area contributed by atoms with Gasteiger partial charge in [0.1, 0.15) is 5.75 Å². The van der Waals surface area contributed by atoms with E-state index in [1.54, 1.807) is 24.3 Å². The molecule has 1 atom stereocenters. The monoisotopic (exact) mass is 262 g/mol. The summed E-state index contributed by atoms with van der Waals surface area (Å²) in [7, 11) is 1.39. The number of alkyl halides is 3. The van der Waals surface area contributed by atoms with Crippen LogP contribution in [0.15, 0.2) is 24.3 Å². The predicted octanol–water partition coefficient (Wildman–Crippen LogP) is 2.89. The van der Waals surface area contributed by atoms with Crippen molar-refractivity contribution >= 4 is 5.97 Å². The minimum atomic E-state index is -4.49. The SMILES string of the molecule is COc1ccccc1CC(CC(F)(F)F)C(=O)O.